The minimum absolute atomic E-state index is 0.163. The van der Waals surface area contributed by atoms with Gasteiger partial charge in [-0.3, -0.25) is 0 Å². The van der Waals surface area contributed by atoms with Crippen LogP contribution in [0.15, 0.2) is 5.38 Å². The van der Waals surface area contributed by atoms with Crippen LogP contribution in [0, 0.1) is 5.92 Å². The van der Waals surface area contributed by atoms with Gasteiger partial charge in [0.15, 0.2) is 0 Å². The summed E-state index contributed by atoms with van der Waals surface area (Å²) in [6, 6.07) is 1.17. The third-order valence-corrected chi connectivity index (χ3v) is 4.14. The van der Waals surface area contributed by atoms with Crippen LogP contribution in [0.3, 0.4) is 0 Å². The van der Waals surface area contributed by atoms with E-state index in [0.29, 0.717) is 12.0 Å². The normalized spacial score (nSPS) is 18.7. The Kier molecular flexibility index (Phi) is 3.60. The maximum atomic E-state index is 4.84. The van der Waals surface area contributed by atoms with Crippen molar-refractivity contribution in [3.63, 3.8) is 0 Å². The highest BCUT2D eigenvalue weighted by Gasteiger charge is 2.29. The molecule has 0 amide bonds. The highest BCUT2D eigenvalue weighted by atomic mass is 32.1. The van der Waals surface area contributed by atoms with Crippen LogP contribution in [0.5, 0.6) is 0 Å². The molecule has 1 aromatic heterocycles. The first-order chi connectivity index (χ1) is 7.88. The molecular weight excluding hydrogens is 228 g/mol. The molecule has 1 aliphatic carbocycles. The van der Waals surface area contributed by atoms with Gasteiger partial charge in [0.25, 0.3) is 0 Å². The first-order valence-corrected chi connectivity index (χ1v) is 7.48. The molecule has 1 atom stereocenters. The Morgan fingerprint density at radius 3 is 2.41 bits per heavy atom. The Morgan fingerprint density at radius 2 is 2.00 bits per heavy atom. The first kappa shape index (κ1) is 13.0. The summed E-state index contributed by atoms with van der Waals surface area (Å²) in [4.78, 5) is 4.84. The molecule has 1 aromatic rings. The van der Waals surface area contributed by atoms with Crippen LogP contribution in [0.1, 0.15) is 64.2 Å². The van der Waals surface area contributed by atoms with Crippen molar-refractivity contribution < 1.29 is 0 Å². The molecule has 2 nitrogen and oxygen atoms in total. The third kappa shape index (κ3) is 3.29. The predicted molar refractivity (Wildman–Crippen MR) is 74.6 cm³/mol. The predicted octanol–water partition coefficient (Wildman–Crippen LogP) is 3.89. The summed E-state index contributed by atoms with van der Waals surface area (Å²) >= 11 is 1.81. The lowest BCUT2D eigenvalue weighted by Crippen LogP contribution is -2.27. The smallest absolute Gasteiger partial charge is 0.110 e. The number of aromatic nitrogens is 1. The van der Waals surface area contributed by atoms with Crippen LogP contribution in [0.25, 0.3) is 0 Å². The van der Waals surface area contributed by atoms with Crippen LogP contribution in [0.4, 0.5) is 0 Å². The van der Waals surface area contributed by atoms with Gasteiger partial charge in [0.2, 0.25) is 0 Å². The zero-order valence-corrected chi connectivity index (χ0v) is 12.4. The van der Waals surface area contributed by atoms with Crippen molar-refractivity contribution in [2.75, 3.05) is 0 Å². The van der Waals surface area contributed by atoms with E-state index < -0.39 is 0 Å². The molecule has 0 aliphatic heterocycles. The Bertz CT molecular complexity index is 372. The Balaban J connectivity index is 2.15. The van der Waals surface area contributed by atoms with E-state index >= 15 is 0 Å². The lowest BCUT2D eigenvalue weighted by atomic mass is 9.93. The fraction of sp³-hybridized carbons (Fsp3) is 0.786. The molecule has 17 heavy (non-hydrogen) atoms. The maximum Gasteiger partial charge on any atom is 0.110 e. The molecular formula is C14H24N2S. The van der Waals surface area contributed by atoms with Gasteiger partial charge < -0.3 is 5.32 Å². The molecule has 1 saturated carbocycles. The van der Waals surface area contributed by atoms with Crippen molar-refractivity contribution in [1.29, 1.82) is 0 Å². The second kappa shape index (κ2) is 4.69. The summed E-state index contributed by atoms with van der Waals surface area (Å²) in [5, 5.41) is 7.20. The maximum absolute atomic E-state index is 4.84. The molecule has 1 heterocycles. The zero-order chi connectivity index (χ0) is 12.6. The highest BCUT2D eigenvalue weighted by molar-refractivity contribution is 7.09. The Hall–Kier alpha value is -0.410. The summed E-state index contributed by atoms with van der Waals surface area (Å²) < 4.78 is 0. The molecule has 1 aliphatic rings. The average molecular weight is 252 g/mol. The van der Waals surface area contributed by atoms with Gasteiger partial charge in [-0.15, -0.1) is 11.3 Å². The first-order valence-electron chi connectivity index (χ1n) is 6.60. The Labute approximate surface area is 109 Å². The largest absolute Gasteiger partial charge is 0.305 e. The number of nitrogens with zero attached hydrogens (tertiary/aromatic N) is 1. The molecule has 0 aromatic carbocycles. The van der Waals surface area contributed by atoms with Gasteiger partial charge in [-0.05, 0) is 18.8 Å². The van der Waals surface area contributed by atoms with Gasteiger partial charge in [-0.1, -0.05) is 34.6 Å². The van der Waals surface area contributed by atoms with Crippen LogP contribution in [0.2, 0.25) is 0 Å². The van der Waals surface area contributed by atoms with Crippen molar-refractivity contribution >= 4 is 11.3 Å². The summed E-state index contributed by atoms with van der Waals surface area (Å²) in [6.45, 7) is 11.2. The van der Waals surface area contributed by atoms with Crippen molar-refractivity contribution in [3.05, 3.63) is 16.1 Å². The summed E-state index contributed by atoms with van der Waals surface area (Å²) in [6.07, 6.45) is 2.67. The monoisotopic (exact) mass is 252 g/mol. The number of hydrogen-bond donors (Lipinski definition) is 1. The number of hydrogen-bond acceptors (Lipinski definition) is 3. The van der Waals surface area contributed by atoms with Crippen molar-refractivity contribution in [3.8, 4) is 0 Å². The molecule has 3 heteroatoms. The molecule has 1 unspecified atom stereocenters. The van der Waals surface area contributed by atoms with Crippen molar-refractivity contribution in [2.24, 2.45) is 5.92 Å². The SMILES string of the molecule is CC(C)C(NC1CC1)c1nc(C(C)(C)C)cs1. The van der Waals surface area contributed by atoms with Crippen molar-refractivity contribution in [1.82, 2.24) is 10.3 Å². The molecule has 0 saturated heterocycles. The average Bonchev–Trinajstić information content (AvgIpc) is 2.87. The quantitative estimate of drug-likeness (QED) is 0.879. The van der Waals surface area contributed by atoms with Crippen LogP contribution < -0.4 is 5.32 Å². The van der Waals surface area contributed by atoms with Crippen molar-refractivity contribution in [2.45, 2.75) is 65.0 Å². The zero-order valence-electron chi connectivity index (χ0n) is 11.6. The molecule has 2 rings (SSSR count). The van der Waals surface area contributed by atoms with Gasteiger partial charge in [-0.2, -0.15) is 0 Å². The second-order valence-corrected chi connectivity index (χ2v) is 7.37. The van der Waals surface area contributed by atoms with Gasteiger partial charge >= 0.3 is 0 Å². The van der Waals surface area contributed by atoms with Gasteiger partial charge in [-0.25, -0.2) is 4.98 Å². The van der Waals surface area contributed by atoms with E-state index in [4.69, 9.17) is 4.98 Å². The summed E-state index contributed by atoms with van der Waals surface area (Å²) in [5.74, 6) is 0.606. The van der Waals surface area contributed by atoms with Crippen LogP contribution in [-0.4, -0.2) is 11.0 Å². The molecule has 0 spiro atoms. The van der Waals surface area contributed by atoms with Gasteiger partial charge in [0.05, 0.1) is 11.7 Å². The minimum atomic E-state index is 0.163. The number of rotatable bonds is 4. The molecule has 96 valence electrons. The molecule has 0 radical (unpaired) electrons. The molecule has 1 fully saturated rings. The molecule has 1 N–H and O–H groups in total. The number of nitrogens with one attached hydrogen (secondary N) is 1. The van der Waals surface area contributed by atoms with E-state index in [9.17, 15) is 0 Å². The second-order valence-electron chi connectivity index (χ2n) is 6.48. The van der Waals surface area contributed by atoms with E-state index in [0.717, 1.165) is 6.04 Å². The lowest BCUT2D eigenvalue weighted by molar-refractivity contribution is 0.405. The summed E-state index contributed by atoms with van der Waals surface area (Å²) in [5.41, 5.74) is 1.39. The lowest BCUT2D eigenvalue weighted by Gasteiger charge is -2.20. The third-order valence-electron chi connectivity index (χ3n) is 3.22. The van der Waals surface area contributed by atoms with Crippen LogP contribution >= 0.6 is 11.3 Å². The van der Waals surface area contributed by atoms with E-state index in [1.165, 1.54) is 23.5 Å². The van der Waals surface area contributed by atoms with Gasteiger partial charge in [0, 0.05) is 16.8 Å². The molecule has 0 bridgehead atoms. The van der Waals surface area contributed by atoms with E-state index in [2.05, 4.69) is 45.3 Å². The Morgan fingerprint density at radius 1 is 1.35 bits per heavy atom. The fourth-order valence-electron chi connectivity index (χ4n) is 1.83. The summed E-state index contributed by atoms with van der Waals surface area (Å²) in [7, 11) is 0. The van der Waals surface area contributed by atoms with E-state index in [1.54, 1.807) is 0 Å². The standard InChI is InChI=1S/C14H24N2S/c1-9(2)12(15-10-6-7-10)13-16-11(8-17-13)14(3,4)5/h8-10,12,15H,6-7H2,1-5H3. The van der Waals surface area contributed by atoms with Crippen LogP contribution in [-0.2, 0) is 5.41 Å². The highest BCUT2D eigenvalue weighted by Crippen LogP contribution is 2.32. The van der Waals surface area contributed by atoms with E-state index in [1.807, 2.05) is 11.3 Å². The fourth-order valence-corrected chi connectivity index (χ4v) is 3.10. The van der Waals surface area contributed by atoms with E-state index in [-0.39, 0.29) is 5.41 Å². The number of thiazole rings is 1. The van der Waals surface area contributed by atoms with Gasteiger partial charge in [0.1, 0.15) is 5.01 Å². The minimum Gasteiger partial charge on any atom is -0.305 e. The topological polar surface area (TPSA) is 24.9 Å².